The average molecular weight is 421 g/mol. The van der Waals surface area contributed by atoms with Crippen LogP contribution in [0.5, 0.6) is 5.75 Å². The van der Waals surface area contributed by atoms with Crippen LogP contribution in [-0.2, 0) is 7.05 Å². The van der Waals surface area contributed by atoms with Crippen molar-refractivity contribution >= 4 is 10.8 Å². The fourth-order valence-electron chi connectivity index (χ4n) is 4.54. The van der Waals surface area contributed by atoms with Gasteiger partial charge in [-0.1, -0.05) is 30.3 Å². The monoisotopic (exact) mass is 420 g/mol. The van der Waals surface area contributed by atoms with Crippen LogP contribution in [0.25, 0.3) is 22.0 Å². The maximum Gasteiger partial charge on any atom is 0.129 e. The fraction of sp³-hybridized carbons (Fsp3) is 0.480. The predicted molar refractivity (Wildman–Crippen MR) is 123 cm³/mol. The number of fused-ring (bicyclic) bond motifs is 1. The first kappa shape index (κ1) is 20.5. The molecule has 1 atom stereocenters. The van der Waals surface area contributed by atoms with Gasteiger partial charge < -0.3 is 14.7 Å². The molecule has 1 aliphatic heterocycles. The normalized spacial score (nSPS) is 19.0. The zero-order valence-corrected chi connectivity index (χ0v) is 18.3. The van der Waals surface area contributed by atoms with Crippen LogP contribution in [0.4, 0.5) is 0 Å². The van der Waals surface area contributed by atoms with Crippen LogP contribution in [0.1, 0.15) is 12.8 Å². The lowest BCUT2D eigenvalue weighted by Crippen LogP contribution is -2.49. The Bertz CT molecular complexity index is 1020. The van der Waals surface area contributed by atoms with Crippen molar-refractivity contribution in [2.24, 2.45) is 13.0 Å². The average Bonchev–Trinajstić information content (AvgIpc) is 3.50. The van der Waals surface area contributed by atoms with Gasteiger partial charge >= 0.3 is 0 Å². The van der Waals surface area contributed by atoms with Crippen LogP contribution >= 0.6 is 0 Å². The van der Waals surface area contributed by atoms with E-state index in [4.69, 9.17) is 4.74 Å². The second-order valence-corrected chi connectivity index (χ2v) is 9.04. The van der Waals surface area contributed by atoms with Crippen molar-refractivity contribution in [3.05, 3.63) is 48.7 Å². The molecule has 1 unspecified atom stereocenters. The number of aryl methyl sites for hydroxylation is 1. The van der Waals surface area contributed by atoms with Crippen molar-refractivity contribution in [1.82, 2.24) is 19.6 Å². The number of β-amino-alcohol motifs (C(OH)–C–C–N with tert-alkyl or cyclic N) is 1. The highest BCUT2D eigenvalue weighted by atomic mass is 16.5. The number of hydrogen-bond donors (Lipinski definition) is 1. The van der Waals surface area contributed by atoms with Crippen molar-refractivity contribution in [1.29, 1.82) is 0 Å². The molecule has 5 rings (SSSR count). The minimum Gasteiger partial charge on any atom is -0.490 e. The van der Waals surface area contributed by atoms with Gasteiger partial charge in [0.15, 0.2) is 0 Å². The van der Waals surface area contributed by atoms with Crippen molar-refractivity contribution in [3.63, 3.8) is 0 Å². The molecule has 2 aliphatic rings. The zero-order valence-electron chi connectivity index (χ0n) is 18.3. The van der Waals surface area contributed by atoms with Crippen molar-refractivity contribution in [2.75, 3.05) is 45.9 Å². The molecule has 0 bridgehead atoms. The van der Waals surface area contributed by atoms with E-state index < -0.39 is 6.10 Å². The summed E-state index contributed by atoms with van der Waals surface area (Å²) in [6.07, 6.45) is 4.24. The summed E-state index contributed by atoms with van der Waals surface area (Å²) in [5.74, 6) is 1.71. The summed E-state index contributed by atoms with van der Waals surface area (Å²) < 4.78 is 7.96. The van der Waals surface area contributed by atoms with Gasteiger partial charge in [-0.25, -0.2) is 0 Å². The molecular formula is C25H32N4O2. The summed E-state index contributed by atoms with van der Waals surface area (Å²) in [5, 5.41) is 17.5. The minimum atomic E-state index is -0.516. The first-order valence-electron chi connectivity index (χ1n) is 11.4. The largest absolute Gasteiger partial charge is 0.490 e. The second kappa shape index (κ2) is 8.99. The second-order valence-electron chi connectivity index (χ2n) is 9.04. The van der Waals surface area contributed by atoms with Crippen LogP contribution in [0, 0.1) is 5.92 Å². The quantitative estimate of drug-likeness (QED) is 0.607. The van der Waals surface area contributed by atoms with Gasteiger partial charge in [0.2, 0.25) is 0 Å². The molecule has 1 aromatic heterocycles. The molecule has 2 aromatic carbocycles. The number of hydrogen-bond acceptors (Lipinski definition) is 5. The Morgan fingerprint density at radius 1 is 1.03 bits per heavy atom. The smallest absolute Gasteiger partial charge is 0.129 e. The molecule has 0 radical (unpaired) electrons. The molecule has 2 heterocycles. The fourth-order valence-corrected chi connectivity index (χ4v) is 4.54. The molecule has 1 saturated heterocycles. The maximum atomic E-state index is 10.7. The number of aliphatic hydroxyl groups is 1. The highest BCUT2D eigenvalue weighted by Gasteiger charge is 2.27. The first-order valence-corrected chi connectivity index (χ1v) is 11.4. The Balaban J connectivity index is 1.23. The SMILES string of the molecule is Cn1ccc(-c2c(OCC(O)CN3CCN(CC4CC4)CC3)ccc3ccccc23)n1. The summed E-state index contributed by atoms with van der Waals surface area (Å²) in [4.78, 5) is 4.93. The van der Waals surface area contributed by atoms with Crippen LogP contribution in [0.2, 0.25) is 0 Å². The van der Waals surface area contributed by atoms with E-state index in [1.54, 1.807) is 4.68 Å². The van der Waals surface area contributed by atoms with E-state index >= 15 is 0 Å². The van der Waals surface area contributed by atoms with Gasteiger partial charge in [-0.05, 0) is 41.7 Å². The Labute approximate surface area is 184 Å². The van der Waals surface area contributed by atoms with Gasteiger partial charge in [0, 0.05) is 52.5 Å². The highest BCUT2D eigenvalue weighted by molar-refractivity contribution is 5.98. The molecule has 0 spiro atoms. The van der Waals surface area contributed by atoms with Gasteiger partial charge in [-0.15, -0.1) is 0 Å². The highest BCUT2D eigenvalue weighted by Crippen LogP contribution is 2.36. The molecule has 1 saturated carbocycles. The van der Waals surface area contributed by atoms with Crippen LogP contribution in [0.15, 0.2) is 48.7 Å². The Morgan fingerprint density at radius 2 is 1.81 bits per heavy atom. The molecular weight excluding hydrogens is 388 g/mol. The molecule has 164 valence electrons. The lowest BCUT2D eigenvalue weighted by atomic mass is 10.0. The van der Waals surface area contributed by atoms with Crippen LogP contribution in [-0.4, -0.2) is 76.7 Å². The third-order valence-electron chi connectivity index (χ3n) is 6.44. The van der Waals surface area contributed by atoms with E-state index in [-0.39, 0.29) is 6.61 Å². The van der Waals surface area contributed by atoms with Crippen LogP contribution < -0.4 is 4.74 Å². The summed E-state index contributed by atoms with van der Waals surface area (Å²) in [6, 6.07) is 14.4. The van der Waals surface area contributed by atoms with Crippen molar-refractivity contribution in [2.45, 2.75) is 18.9 Å². The van der Waals surface area contributed by atoms with Crippen molar-refractivity contribution in [3.8, 4) is 17.0 Å². The van der Waals surface area contributed by atoms with Gasteiger partial charge in [0.05, 0.1) is 11.3 Å². The molecule has 0 amide bonds. The lowest BCUT2D eigenvalue weighted by Gasteiger charge is -2.35. The Hall–Kier alpha value is -2.41. The molecule has 1 aliphatic carbocycles. The Kier molecular flexibility index (Phi) is 5.94. The first-order chi connectivity index (χ1) is 15.2. The van der Waals surface area contributed by atoms with Gasteiger partial charge in [-0.2, -0.15) is 5.10 Å². The number of piperazine rings is 1. The minimum absolute atomic E-state index is 0.278. The molecule has 3 aromatic rings. The number of rotatable bonds is 8. The van der Waals surface area contributed by atoms with Crippen LogP contribution in [0.3, 0.4) is 0 Å². The lowest BCUT2D eigenvalue weighted by molar-refractivity contribution is 0.0454. The summed E-state index contributed by atoms with van der Waals surface area (Å²) in [5.41, 5.74) is 1.87. The zero-order chi connectivity index (χ0) is 21.2. The van der Waals surface area contributed by atoms with Gasteiger partial charge in [0.1, 0.15) is 18.5 Å². The predicted octanol–water partition coefficient (Wildman–Crippen LogP) is 3.01. The molecule has 2 fully saturated rings. The van der Waals surface area contributed by atoms with Gasteiger partial charge in [0.25, 0.3) is 0 Å². The van der Waals surface area contributed by atoms with E-state index in [2.05, 4.69) is 33.1 Å². The van der Waals surface area contributed by atoms with E-state index in [9.17, 15) is 5.11 Å². The summed E-state index contributed by atoms with van der Waals surface area (Å²) >= 11 is 0. The number of aliphatic hydroxyl groups excluding tert-OH is 1. The Morgan fingerprint density at radius 3 is 2.55 bits per heavy atom. The van der Waals surface area contributed by atoms with Crippen molar-refractivity contribution < 1.29 is 9.84 Å². The molecule has 31 heavy (non-hydrogen) atoms. The number of ether oxygens (including phenoxy) is 1. The third-order valence-corrected chi connectivity index (χ3v) is 6.44. The van der Waals surface area contributed by atoms with E-state index in [0.717, 1.165) is 59.9 Å². The molecule has 1 N–H and O–H groups in total. The third kappa shape index (κ3) is 4.92. The van der Waals surface area contributed by atoms with E-state index in [0.29, 0.717) is 6.54 Å². The van der Waals surface area contributed by atoms with E-state index in [1.165, 1.54) is 19.4 Å². The van der Waals surface area contributed by atoms with E-state index in [1.807, 2.05) is 37.5 Å². The number of benzene rings is 2. The number of aromatic nitrogens is 2. The molecule has 6 nitrogen and oxygen atoms in total. The number of nitrogens with zero attached hydrogens (tertiary/aromatic N) is 4. The topological polar surface area (TPSA) is 53.8 Å². The standard InChI is InChI=1S/C25H32N4O2/c1-27-11-10-23(26-27)25-22-5-3-2-4-20(22)8-9-24(25)31-18-21(30)17-29-14-12-28(13-15-29)16-19-6-7-19/h2-5,8-11,19,21,30H,6-7,12-18H2,1H3. The summed E-state index contributed by atoms with van der Waals surface area (Å²) in [7, 11) is 1.92. The summed E-state index contributed by atoms with van der Waals surface area (Å²) in [6.45, 7) is 6.47. The maximum absolute atomic E-state index is 10.7. The van der Waals surface area contributed by atoms with Gasteiger partial charge in [-0.3, -0.25) is 9.58 Å². The molecule has 6 heteroatoms.